The molecule has 0 spiro atoms. The molecule has 3 rings (SSSR count). The summed E-state index contributed by atoms with van der Waals surface area (Å²) in [4.78, 5) is 36.1. The van der Waals surface area contributed by atoms with E-state index in [1.54, 1.807) is 12.1 Å². The molecule has 1 fully saturated rings. The Hall–Kier alpha value is -2.88. The van der Waals surface area contributed by atoms with E-state index >= 15 is 0 Å². The molecule has 4 amide bonds. The van der Waals surface area contributed by atoms with Crippen LogP contribution in [0.2, 0.25) is 0 Å². The number of para-hydroxylation sites is 1. The van der Waals surface area contributed by atoms with Crippen molar-refractivity contribution in [1.29, 1.82) is 0 Å². The van der Waals surface area contributed by atoms with Crippen LogP contribution in [-0.4, -0.2) is 51.8 Å². The maximum atomic E-state index is 11.9. The molecule has 9 nitrogen and oxygen atoms in total. The molecule has 2 heterocycles. The Bertz CT molecular complexity index is 795. The maximum absolute atomic E-state index is 11.9. The Morgan fingerprint density at radius 2 is 2.08 bits per heavy atom. The van der Waals surface area contributed by atoms with Crippen LogP contribution in [0.25, 0.3) is 0 Å². The van der Waals surface area contributed by atoms with E-state index in [2.05, 4.69) is 20.8 Å². The third-order valence-corrected chi connectivity index (χ3v) is 4.39. The van der Waals surface area contributed by atoms with Crippen molar-refractivity contribution in [3.8, 4) is 0 Å². The summed E-state index contributed by atoms with van der Waals surface area (Å²) in [5.74, 6) is 0.0838. The van der Waals surface area contributed by atoms with Gasteiger partial charge in [-0.05, 0) is 12.1 Å². The van der Waals surface area contributed by atoms with E-state index in [4.69, 9.17) is 4.42 Å². The molecule has 1 aromatic heterocycles. The van der Waals surface area contributed by atoms with Gasteiger partial charge in [0.25, 0.3) is 5.22 Å². The number of carbonyl (C=O) groups is 3. The molecule has 1 aromatic carbocycles. The molecule has 26 heavy (non-hydrogen) atoms. The van der Waals surface area contributed by atoms with Gasteiger partial charge in [-0.2, -0.15) is 0 Å². The molecule has 1 aliphatic rings. The van der Waals surface area contributed by atoms with Crippen molar-refractivity contribution in [2.24, 2.45) is 0 Å². The third kappa shape index (κ3) is 5.06. The highest BCUT2D eigenvalue weighted by Gasteiger charge is 2.23. The third-order valence-electron chi connectivity index (χ3n) is 3.57. The van der Waals surface area contributed by atoms with Crippen LogP contribution in [0.4, 0.5) is 10.5 Å². The van der Waals surface area contributed by atoms with E-state index in [-0.39, 0.29) is 24.0 Å². The summed E-state index contributed by atoms with van der Waals surface area (Å²) in [7, 11) is 0. The first-order valence-corrected chi connectivity index (χ1v) is 8.97. The quantitative estimate of drug-likeness (QED) is 0.700. The first-order valence-electron chi connectivity index (χ1n) is 7.99. The molecule has 0 aliphatic carbocycles. The van der Waals surface area contributed by atoms with Gasteiger partial charge in [-0.15, -0.1) is 10.2 Å². The fraction of sp³-hybridized carbons (Fsp3) is 0.312. The van der Waals surface area contributed by atoms with Gasteiger partial charge in [0.15, 0.2) is 0 Å². The second-order valence-corrected chi connectivity index (χ2v) is 6.43. The minimum absolute atomic E-state index is 0.146. The van der Waals surface area contributed by atoms with Crippen LogP contribution in [-0.2, 0) is 16.0 Å². The van der Waals surface area contributed by atoms with E-state index in [9.17, 15) is 14.4 Å². The van der Waals surface area contributed by atoms with Gasteiger partial charge in [0, 0.05) is 31.6 Å². The van der Waals surface area contributed by atoms with Crippen molar-refractivity contribution in [1.82, 2.24) is 20.4 Å². The smallest absolute Gasteiger partial charge is 0.324 e. The first kappa shape index (κ1) is 17.9. The average molecular weight is 375 g/mol. The molecule has 1 saturated heterocycles. The van der Waals surface area contributed by atoms with Crippen LogP contribution in [0.3, 0.4) is 0 Å². The number of benzene rings is 1. The summed E-state index contributed by atoms with van der Waals surface area (Å²) in [6.07, 6.45) is 0.665. The minimum atomic E-state index is -0.409. The Labute approximate surface area is 153 Å². The number of urea groups is 1. The lowest BCUT2D eigenvalue weighted by Crippen LogP contribution is -2.49. The zero-order chi connectivity index (χ0) is 18.4. The summed E-state index contributed by atoms with van der Waals surface area (Å²) in [6, 6.07) is 8.75. The van der Waals surface area contributed by atoms with E-state index in [1.807, 2.05) is 18.2 Å². The SMILES string of the molecule is O=C1CCN(CCc2nnc(SCC(=O)Nc3ccccc3)o2)C(=O)N1. The van der Waals surface area contributed by atoms with Crippen molar-refractivity contribution in [2.45, 2.75) is 18.1 Å². The molecular formula is C16H17N5O4S. The van der Waals surface area contributed by atoms with E-state index < -0.39 is 6.03 Å². The number of nitrogens with zero attached hydrogens (tertiary/aromatic N) is 3. The number of thioether (sulfide) groups is 1. The van der Waals surface area contributed by atoms with Gasteiger partial charge in [0.1, 0.15) is 0 Å². The molecule has 0 unspecified atom stereocenters. The average Bonchev–Trinajstić information content (AvgIpc) is 3.08. The molecular weight excluding hydrogens is 358 g/mol. The number of anilines is 1. The van der Waals surface area contributed by atoms with Gasteiger partial charge in [-0.25, -0.2) is 4.79 Å². The van der Waals surface area contributed by atoms with E-state index in [0.717, 1.165) is 17.4 Å². The van der Waals surface area contributed by atoms with Crippen LogP contribution in [0.15, 0.2) is 40.0 Å². The summed E-state index contributed by atoms with van der Waals surface area (Å²) in [6.45, 7) is 0.750. The van der Waals surface area contributed by atoms with Gasteiger partial charge >= 0.3 is 6.03 Å². The second-order valence-electron chi connectivity index (χ2n) is 5.50. The number of carbonyl (C=O) groups excluding carboxylic acids is 3. The molecule has 2 aromatic rings. The van der Waals surface area contributed by atoms with Gasteiger partial charge in [0.2, 0.25) is 17.7 Å². The number of amides is 4. The predicted octanol–water partition coefficient (Wildman–Crippen LogP) is 1.28. The number of hydrogen-bond donors (Lipinski definition) is 2. The standard InChI is InChI=1S/C16H17N5O4S/c22-12-6-8-21(15(24)18-12)9-7-14-19-20-16(25-14)26-10-13(23)17-11-4-2-1-3-5-11/h1-5H,6-10H2,(H,17,23)(H,18,22,24). The molecule has 0 bridgehead atoms. The number of imide groups is 1. The highest BCUT2D eigenvalue weighted by Crippen LogP contribution is 2.17. The topological polar surface area (TPSA) is 117 Å². The number of aromatic nitrogens is 2. The van der Waals surface area contributed by atoms with Gasteiger partial charge < -0.3 is 14.6 Å². The summed E-state index contributed by atoms with van der Waals surface area (Å²) >= 11 is 1.14. The zero-order valence-corrected chi connectivity index (χ0v) is 14.6. The zero-order valence-electron chi connectivity index (χ0n) is 13.8. The molecule has 10 heteroatoms. The predicted molar refractivity (Wildman–Crippen MR) is 93.5 cm³/mol. The molecule has 0 atom stereocenters. The van der Waals surface area contributed by atoms with Gasteiger partial charge in [0.05, 0.1) is 5.75 Å². The number of rotatable bonds is 7. The van der Waals surface area contributed by atoms with Crippen molar-refractivity contribution in [3.05, 3.63) is 36.2 Å². The Morgan fingerprint density at radius 3 is 2.85 bits per heavy atom. The lowest BCUT2D eigenvalue weighted by molar-refractivity contribution is -0.121. The summed E-state index contributed by atoms with van der Waals surface area (Å²) < 4.78 is 5.47. The highest BCUT2D eigenvalue weighted by atomic mass is 32.2. The highest BCUT2D eigenvalue weighted by molar-refractivity contribution is 7.99. The molecule has 2 N–H and O–H groups in total. The first-order chi connectivity index (χ1) is 12.6. The monoisotopic (exact) mass is 375 g/mol. The van der Waals surface area contributed by atoms with Crippen LogP contribution in [0, 0.1) is 0 Å². The molecule has 0 saturated carbocycles. The van der Waals surface area contributed by atoms with Crippen LogP contribution in [0.5, 0.6) is 0 Å². The Balaban J connectivity index is 1.42. The summed E-state index contributed by atoms with van der Waals surface area (Å²) in [5.41, 5.74) is 0.725. The van der Waals surface area contributed by atoms with Crippen LogP contribution in [0.1, 0.15) is 12.3 Å². The van der Waals surface area contributed by atoms with Crippen LogP contribution < -0.4 is 10.6 Å². The second kappa shape index (κ2) is 8.48. The normalized spacial score (nSPS) is 14.2. The van der Waals surface area contributed by atoms with Crippen molar-refractivity contribution in [3.63, 3.8) is 0 Å². The van der Waals surface area contributed by atoms with Gasteiger partial charge in [-0.1, -0.05) is 30.0 Å². The summed E-state index contributed by atoms with van der Waals surface area (Å²) in [5, 5.41) is 13.1. The molecule has 136 valence electrons. The van der Waals surface area contributed by atoms with Crippen molar-refractivity contribution >= 4 is 35.3 Å². The number of hydrogen-bond acceptors (Lipinski definition) is 7. The molecule has 1 aliphatic heterocycles. The minimum Gasteiger partial charge on any atom is -0.416 e. The fourth-order valence-corrected chi connectivity index (χ4v) is 2.87. The van der Waals surface area contributed by atoms with Crippen molar-refractivity contribution < 1.29 is 18.8 Å². The van der Waals surface area contributed by atoms with E-state index in [0.29, 0.717) is 30.6 Å². The largest absolute Gasteiger partial charge is 0.416 e. The van der Waals surface area contributed by atoms with E-state index in [1.165, 1.54) is 4.90 Å². The Morgan fingerprint density at radius 1 is 1.27 bits per heavy atom. The lowest BCUT2D eigenvalue weighted by atomic mass is 10.3. The van der Waals surface area contributed by atoms with Crippen LogP contribution >= 0.6 is 11.8 Å². The van der Waals surface area contributed by atoms with Crippen molar-refractivity contribution in [2.75, 3.05) is 24.2 Å². The maximum Gasteiger partial charge on any atom is 0.324 e. The fourth-order valence-electron chi connectivity index (χ4n) is 2.29. The Kier molecular flexibility index (Phi) is 5.84. The van der Waals surface area contributed by atoms with Gasteiger partial charge in [-0.3, -0.25) is 14.9 Å². The molecule has 0 radical (unpaired) electrons. The lowest BCUT2D eigenvalue weighted by Gasteiger charge is -2.25. The number of nitrogens with one attached hydrogen (secondary N) is 2.